The number of rotatable bonds is 4. The fraction of sp³-hybridized carbons (Fsp3) is 0.824. The quantitative estimate of drug-likeness (QED) is 0.392. The van der Waals surface area contributed by atoms with E-state index in [4.69, 9.17) is 0 Å². The van der Waals surface area contributed by atoms with Gasteiger partial charge in [0.15, 0.2) is 5.78 Å². The molecule has 4 saturated carbocycles. The molecule has 0 heterocycles. The van der Waals surface area contributed by atoms with Crippen molar-refractivity contribution in [2.24, 2.45) is 56.2 Å². The lowest BCUT2D eigenvalue weighted by Gasteiger charge is -2.72. The van der Waals surface area contributed by atoms with Crippen LogP contribution in [0.4, 0.5) is 8.78 Å². The normalized spacial score (nSPS) is 44.5. The number of Topliss-reactive ketones (excluding diaryl/α,β-unsaturated/α-hetero) is 2. The highest BCUT2D eigenvalue weighted by Gasteiger charge is 2.72. The van der Waals surface area contributed by atoms with Crippen LogP contribution >= 0.6 is 0 Å². The van der Waals surface area contributed by atoms with Gasteiger partial charge in [-0.1, -0.05) is 54.5 Å². The highest BCUT2D eigenvalue weighted by molar-refractivity contribution is 6.04. The zero-order chi connectivity index (χ0) is 30.4. The van der Waals surface area contributed by atoms with Crippen LogP contribution in [-0.4, -0.2) is 30.4 Å². The van der Waals surface area contributed by atoms with Crippen LogP contribution in [0.15, 0.2) is 11.6 Å². The second-order valence-electron chi connectivity index (χ2n) is 16.4. The van der Waals surface area contributed by atoms with E-state index in [2.05, 4.69) is 46.0 Å². The first-order valence-electron chi connectivity index (χ1n) is 15.6. The number of alkyl halides is 2. The Morgan fingerprint density at radius 1 is 1.00 bits per heavy atom. The van der Waals surface area contributed by atoms with E-state index >= 15 is 0 Å². The van der Waals surface area contributed by atoms with Crippen molar-refractivity contribution < 1.29 is 23.2 Å². The first-order valence-corrected chi connectivity index (χ1v) is 15.6. The maximum atomic E-state index is 14.6. The lowest BCUT2D eigenvalue weighted by atomic mass is 9.31. The number of hydrogen-bond acceptors (Lipinski definition) is 4. The number of nitrogens with one attached hydrogen (secondary N) is 1. The van der Waals surface area contributed by atoms with Crippen LogP contribution in [0.25, 0.3) is 0 Å². The van der Waals surface area contributed by atoms with Crippen molar-refractivity contribution in [1.29, 1.82) is 5.26 Å². The Labute approximate surface area is 244 Å². The molecule has 8 atom stereocenters. The van der Waals surface area contributed by atoms with E-state index in [1.54, 1.807) is 0 Å². The summed E-state index contributed by atoms with van der Waals surface area (Å²) in [6.07, 6.45) is 5.99. The van der Waals surface area contributed by atoms with Crippen LogP contribution < -0.4 is 5.32 Å². The summed E-state index contributed by atoms with van der Waals surface area (Å²) in [6.45, 7) is 14.7. The molecule has 5 aliphatic carbocycles. The SMILES string of the molecule is CC1(C)CC[C@@]2(CC(=O)NCC(F)F)CC[C@]3(C)[C@H](C(=O)C[C@@H]4[C@@]5(C)C=C(C#N)C(=O)C(C)(C)[C@@H]5CC[C@]43C)[C@H]2C1. The molecule has 4 fully saturated rings. The molecule has 1 amide bonds. The molecule has 0 aromatic rings. The van der Waals surface area contributed by atoms with E-state index in [0.29, 0.717) is 6.42 Å². The lowest BCUT2D eigenvalue weighted by molar-refractivity contribution is -0.223. The van der Waals surface area contributed by atoms with E-state index < -0.39 is 23.8 Å². The summed E-state index contributed by atoms with van der Waals surface area (Å²) in [5.41, 5.74) is -1.70. The van der Waals surface area contributed by atoms with E-state index in [9.17, 15) is 28.4 Å². The summed E-state index contributed by atoms with van der Waals surface area (Å²) in [5, 5.41) is 12.4. The van der Waals surface area contributed by atoms with Crippen molar-refractivity contribution in [2.45, 2.75) is 113 Å². The number of nitriles is 1. The number of nitrogens with zero attached hydrogens (tertiary/aromatic N) is 1. The van der Waals surface area contributed by atoms with Gasteiger partial charge in [0.05, 0.1) is 12.1 Å². The molecule has 0 bridgehead atoms. The summed E-state index contributed by atoms with van der Waals surface area (Å²) in [7, 11) is 0. The molecular formula is C34H48F2N2O3. The molecule has 226 valence electrons. The fourth-order valence-electron chi connectivity index (χ4n) is 11.3. The fourth-order valence-corrected chi connectivity index (χ4v) is 11.3. The van der Waals surface area contributed by atoms with Gasteiger partial charge in [-0.15, -0.1) is 0 Å². The highest BCUT2D eigenvalue weighted by Crippen LogP contribution is 2.76. The molecule has 5 aliphatic rings. The number of halogens is 2. The van der Waals surface area contributed by atoms with Crippen molar-refractivity contribution >= 4 is 17.5 Å². The molecule has 0 aromatic carbocycles. The summed E-state index contributed by atoms with van der Waals surface area (Å²) in [5.74, 6) is -0.280. The highest BCUT2D eigenvalue weighted by atomic mass is 19.3. The van der Waals surface area contributed by atoms with E-state index in [1.807, 2.05) is 19.9 Å². The van der Waals surface area contributed by atoms with Crippen LogP contribution in [0.1, 0.15) is 106 Å². The Morgan fingerprint density at radius 3 is 2.29 bits per heavy atom. The van der Waals surface area contributed by atoms with Gasteiger partial charge >= 0.3 is 0 Å². The smallest absolute Gasteiger partial charge is 0.255 e. The molecule has 0 radical (unpaired) electrons. The van der Waals surface area contributed by atoms with E-state index in [0.717, 1.165) is 44.9 Å². The van der Waals surface area contributed by atoms with Crippen LogP contribution in [0.5, 0.6) is 0 Å². The molecular weight excluding hydrogens is 522 g/mol. The summed E-state index contributed by atoms with van der Waals surface area (Å²) in [6, 6.07) is 2.18. The lowest BCUT2D eigenvalue weighted by Crippen LogP contribution is -2.68. The average Bonchev–Trinajstić information content (AvgIpc) is 2.87. The van der Waals surface area contributed by atoms with Gasteiger partial charge in [-0.05, 0) is 89.8 Å². The van der Waals surface area contributed by atoms with E-state index in [-0.39, 0.29) is 74.8 Å². The third-order valence-corrected chi connectivity index (χ3v) is 13.6. The maximum absolute atomic E-state index is 14.6. The van der Waals surface area contributed by atoms with Crippen LogP contribution in [0, 0.1) is 67.5 Å². The Morgan fingerprint density at radius 2 is 1.66 bits per heavy atom. The number of ketones is 2. The summed E-state index contributed by atoms with van der Waals surface area (Å²) in [4.78, 5) is 40.8. The monoisotopic (exact) mass is 570 g/mol. The molecule has 0 aliphatic heterocycles. The number of carbonyl (C=O) groups excluding carboxylic acids is 3. The van der Waals surface area contributed by atoms with Gasteiger partial charge in [-0.3, -0.25) is 14.4 Å². The van der Waals surface area contributed by atoms with Crippen LogP contribution in [-0.2, 0) is 14.4 Å². The zero-order valence-electron chi connectivity index (χ0n) is 26.0. The number of carbonyl (C=O) groups is 3. The van der Waals surface area contributed by atoms with Gasteiger partial charge in [-0.25, -0.2) is 8.78 Å². The molecule has 0 spiro atoms. The number of allylic oxidation sites excluding steroid dienone is 2. The van der Waals surface area contributed by atoms with Crippen molar-refractivity contribution in [1.82, 2.24) is 5.32 Å². The minimum Gasteiger partial charge on any atom is -0.350 e. The van der Waals surface area contributed by atoms with Crippen molar-refractivity contribution in [3.8, 4) is 6.07 Å². The average molecular weight is 571 g/mol. The summed E-state index contributed by atoms with van der Waals surface area (Å²) >= 11 is 0. The van der Waals surface area contributed by atoms with E-state index in [1.165, 1.54) is 0 Å². The van der Waals surface area contributed by atoms with Gasteiger partial charge < -0.3 is 5.32 Å². The zero-order valence-corrected chi connectivity index (χ0v) is 26.0. The molecule has 5 rings (SSSR count). The van der Waals surface area contributed by atoms with Gasteiger partial charge in [0.2, 0.25) is 5.91 Å². The topological polar surface area (TPSA) is 87.0 Å². The standard InChI is InChI=1S/C34H48F2N2O3/c1-29(2)10-12-34(17-26(40)38-19-25(35)36)13-11-33(7)27(21(34)16-29)22(39)14-24-31(5)15-20(18-37)28(41)30(3,4)23(31)8-9-32(24,33)6/h15,21,23-25,27H,8-14,16-17,19H2,1-7H3,(H,38,40)/t21-,23+,24-,27+,31+,32-,33-,34+/m1/s1. The van der Waals surface area contributed by atoms with Crippen LogP contribution in [0.3, 0.4) is 0 Å². The predicted molar refractivity (Wildman–Crippen MR) is 153 cm³/mol. The second kappa shape index (κ2) is 9.45. The first kappa shape index (κ1) is 30.4. The maximum Gasteiger partial charge on any atom is 0.255 e. The molecule has 0 unspecified atom stereocenters. The largest absolute Gasteiger partial charge is 0.350 e. The summed E-state index contributed by atoms with van der Waals surface area (Å²) < 4.78 is 25.8. The van der Waals surface area contributed by atoms with Gasteiger partial charge in [0.25, 0.3) is 6.43 Å². The van der Waals surface area contributed by atoms with Gasteiger partial charge in [-0.2, -0.15) is 5.26 Å². The Hall–Kier alpha value is -2.10. The molecule has 0 aromatic heterocycles. The molecule has 41 heavy (non-hydrogen) atoms. The Bertz CT molecular complexity index is 1230. The number of amides is 1. The van der Waals surface area contributed by atoms with Crippen molar-refractivity contribution in [3.05, 3.63) is 11.6 Å². The number of hydrogen-bond donors (Lipinski definition) is 1. The molecule has 7 heteroatoms. The third-order valence-electron chi connectivity index (χ3n) is 13.6. The molecule has 5 nitrogen and oxygen atoms in total. The van der Waals surface area contributed by atoms with Gasteiger partial charge in [0, 0.05) is 24.2 Å². The predicted octanol–water partition coefficient (Wildman–Crippen LogP) is 7.06. The Balaban J connectivity index is 1.56. The van der Waals surface area contributed by atoms with Crippen LogP contribution in [0.2, 0.25) is 0 Å². The third kappa shape index (κ3) is 4.27. The second-order valence-corrected chi connectivity index (χ2v) is 16.4. The minimum absolute atomic E-state index is 0.0108. The minimum atomic E-state index is -2.59. The first-order chi connectivity index (χ1) is 18.9. The number of fused-ring (bicyclic) bond motifs is 7. The van der Waals surface area contributed by atoms with Crippen molar-refractivity contribution in [3.63, 3.8) is 0 Å². The molecule has 1 N–H and O–H groups in total. The Kier molecular flexibility index (Phi) is 7.00. The molecule has 0 saturated heterocycles. The van der Waals surface area contributed by atoms with Crippen molar-refractivity contribution in [2.75, 3.05) is 6.54 Å². The van der Waals surface area contributed by atoms with Gasteiger partial charge in [0.1, 0.15) is 11.9 Å².